The van der Waals surface area contributed by atoms with Gasteiger partial charge in [-0.2, -0.15) is 0 Å². The van der Waals surface area contributed by atoms with E-state index in [1.54, 1.807) is 6.07 Å². The van der Waals surface area contributed by atoms with Crippen molar-refractivity contribution in [3.8, 4) is 10.6 Å². The quantitative estimate of drug-likeness (QED) is 0.676. The largest absolute Gasteiger partial charge is 0.339 e. The van der Waals surface area contributed by atoms with Crippen LogP contribution in [-0.4, -0.2) is 28.9 Å². The lowest BCUT2D eigenvalue weighted by atomic mass is 10.1. The van der Waals surface area contributed by atoms with Crippen molar-refractivity contribution in [2.45, 2.75) is 19.3 Å². The Morgan fingerprint density at radius 3 is 2.54 bits per heavy atom. The molecule has 0 spiro atoms. The Hall–Kier alpha value is -2.27. The first-order chi connectivity index (χ1) is 11.7. The molecule has 0 unspecified atom stereocenters. The van der Waals surface area contributed by atoms with E-state index in [0.717, 1.165) is 46.7 Å². The van der Waals surface area contributed by atoms with E-state index in [1.807, 2.05) is 29.2 Å². The zero-order chi connectivity index (χ0) is 16.5. The molecule has 5 heteroatoms. The molecule has 0 bridgehead atoms. The molecule has 4 rings (SSSR count). The first kappa shape index (κ1) is 15.3. The predicted molar refractivity (Wildman–Crippen MR) is 94.8 cm³/mol. The highest BCUT2D eigenvalue weighted by Gasteiger charge is 2.18. The Labute approximate surface area is 143 Å². The molecule has 0 N–H and O–H groups in total. The molecule has 0 atom stereocenters. The van der Waals surface area contributed by atoms with Crippen molar-refractivity contribution in [1.29, 1.82) is 0 Å². The summed E-state index contributed by atoms with van der Waals surface area (Å²) < 4.78 is 14.1. The number of nitrogens with zero attached hydrogens (tertiary/aromatic N) is 2. The second-order valence-electron chi connectivity index (χ2n) is 6.06. The first-order valence-corrected chi connectivity index (χ1v) is 8.98. The Balaban J connectivity index is 1.59. The van der Waals surface area contributed by atoms with E-state index in [9.17, 15) is 9.18 Å². The number of halogens is 1. The number of hydrogen-bond acceptors (Lipinski definition) is 3. The van der Waals surface area contributed by atoms with Crippen molar-refractivity contribution in [3.05, 3.63) is 53.8 Å². The highest BCUT2D eigenvalue weighted by atomic mass is 32.1. The van der Waals surface area contributed by atoms with Crippen molar-refractivity contribution >= 4 is 27.5 Å². The molecule has 3 nitrogen and oxygen atoms in total. The van der Waals surface area contributed by atoms with Gasteiger partial charge in [0.25, 0.3) is 5.91 Å². The fourth-order valence-corrected chi connectivity index (χ4v) is 4.05. The standard InChI is InChI=1S/C19H17FN2OS/c20-15-8-9-16-17(12-15)24-18(21-16)13-4-6-14(7-5-13)19(23)22-10-2-1-3-11-22/h4-9,12H,1-3,10-11H2. The molecule has 2 heterocycles. The van der Waals surface area contributed by atoms with Crippen LogP contribution in [0.2, 0.25) is 0 Å². The van der Waals surface area contributed by atoms with Crippen molar-refractivity contribution in [3.63, 3.8) is 0 Å². The van der Waals surface area contributed by atoms with Crippen LogP contribution in [0.5, 0.6) is 0 Å². The fraction of sp³-hybridized carbons (Fsp3) is 0.263. The van der Waals surface area contributed by atoms with E-state index in [2.05, 4.69) is 4.98 Å². The van der Waals surface area contributed by atoms with Gasteiger partial charge >= 0.3 is 0 Å². The summed E-state index contributed by atoms with van der Waals surface area (Å²) in [6.45, 7) is 1.70. The number of benzene rings is 2. The van der Waals surface area contributed by atoms with Gasteiger partial charge in [-0.3, -0.25) is 4.79 Å². The highest BCUT2D eigenvalue weighted by Crippen LogP contribution is 2.30. The summed E-state index contributed by atoms with van der Waals surface area (Å²) in [4.78, 5) is 19.0. The van der Waals surface area contributed by atoms with Gasteiger partial charge in [0.2, 0.25) is 0 Å². The van der Waals surface area contributed by atoms with Gasteiger partial charge in [-0.05, 0) is 49.6 Å². The van der Waals surface area contributed by atoms with E-state index in [-0.39, 0.29) is 11.7 Å². The molecule has 1 aliphatic heterocycles. The third-order valence-corrected chi connectivity index (χ3v) is 5.44. The van der Waals surface area contributed by atoms with Gasteiger partial charge in [-0.15, -0.1) is 11.3 Å². The summed E-state index contributed by atoms with van der Waals surface area (Å²) in [5, 5.41) is 0.840. The van der Waals surface area contributed by atoms with E-state index in [4.69, 9.17) is 0 Å². The Morgan fingerprint density at radius 1 is 1.04 bits per heavy atom. The molecule has 0 saturated carbocycles. The van der Waals surface area contributed by atoms with Crippen molar-refractivity contribution in [1.82, 2.24) is 9.88 Å². The van der Waals surface area contributed by atoms with Crippen LogP contribution in [0.15, 0.2) is 42.5 Å². The number of rotatable bonds is 2. The van der Waals surface area contributed by atoms with Gasteiger partial charge < -0.3 is 4.90 Å². The van der Waals surface area contributed by atoms with Gasteiger partial charge in [-0.25, -0.2) is 9.37 Å². The number of thiazole rings is 1. The Kier molecular flexibility index (Phi) is 4.02. The summed E-state index contributed by atoms with van der Waals surface area (Å²) >= 11 is 1.46. The summed E-state index contributed by atoms with van der Waals surface area (Å²) in [6.07, 6.45) is 3.39. The Morgan fingerprint density at radius 2 is 1.79 bits per heavy atom. The average molecular weight is 340 g/mol. The molecule has 1 saturated heterocycles. The molecule has 122 valence electrons. The zero-order valence-corrected chi connectivity index (χ0v) is 14.0. The van der Waals surface area contributed by atoms with Crippen LogP contribution in [-0.2, 0) is 0 Å². The molecule has 1 aromatic heterocycles. The summed E-state index contributed by atoms with van der Waals surface area (Å²) in [5.74, 6) is -0.146. The van der Waals surface area contributed by atoms with Crippen LogP contribution in [0.4, 0.5) is 4.39 Å². The number of likely N-dealkylation sites (tertiary alicyclic amines) is 1. The van der Waals surface area contributed by atoms with Crippen LogP contribution in [0.1, 0.15) is 29.6 Å². The normalized spacial score (nSPS) is 15.0. The molecule has 1 amide bonds. The maximum atomic E-state index is 13.3. The lowest BCUT2D eigenvalue weighted by Gasteiger charge is -2.26. The zero-order valence-electron chi connectivity index (χ0n) is 13.2. The lowest BCUT2D eigenvalue weighted by Crippen LogP contribution is -2.35. The number of piperidine rings is 1. The minimum absolute atomic E-state index is 0.104. The fourth-order valence-electron chi connectivity index (χ4n) is 3.06. The number of carbonyl (C=O) groups excluding carboxylic acids is 1. The maximum absolute atomic E-state index is 13.3. The SMILES string of the molecule is O=C(c1ccc(-c2nc3ccc(F)cc3s2)cc1)N1CCCCC1. The van der Waals surface area contributed by atoms with Gasteiger partial charge in [-0.1, -0.05) is 12.1 Å². The molecular formula is C19H17FN2OS. The molecule has 24 heavy (non-hydrogen) atoms. The second-order valence-corrected chi connectivity index (χ2v) is 7.09. The molecule has 0 aliphatic carbocycles. The molecular weight excluding hydrogens is 323 g/mol. The topological polar surface area (TPSA) is 33.2 Å². The molecule has 3 aromatic rings. The number of carbonyl (C=O) groups is 1. The third-order valence-electron chi connectivity index (χ3n) is 4.37. The minimum Gasteiger partial charge on any atom is -0.339 e. The van der Waals surface area contributed by atoms with Crippen LogP contribution in [0.3, 0.4) is 0 Å². The maximum Gasteiger partial charge on any atom is 0.253 e. The highest BCUT2D eigenvalue weighted by molar-refractivity contribution is 7.21. The molecule has 1 fully saturated rings. The number of fused-ring (bicyclic) bond motifs is 1. The van der Waals surface area contributed by atoms with Crippen LogP contribution in [0.25, 0.3) is 20.8 Å². The van der Waals surface area contributed by atoms with Gasteiger partial charge in [0.1, 0.15) is 10.8 Å². The first-order valence-electron chi connectivity index (χ1n) is 8.16. The van der Waals surface area contributed by atoms with Crippen molar-refractivity contribution in [2.24, 2.45) is 0 Å². The van der Waals surface area contributed by atoms with E-state index < -0.39 is 0 Å². The van der Waals surface area contributed by atoms with Gasteiger partial charge in [0, 0.05) is 24.2 Å². The molecule has 0 radical (unpaired) electrons. The van der Waals surface area contributed by atoms with Crippen molar-refractivity contribution < 1.29 is 9.18 Å². The molecule has 2 aromatic carbocycles. The number of hydrogen-bond donors (Lipinski definition) is 0. The van der Waals surface area contributed by atoms with Gasteiger partial charge in [0.05, 0.1) is 10.2 Å². The van der Waals surface area contributed by atoms with Gasteiger partial charge in [0.15, 0.2) is 0 Å². The summed E-state index contributed by atoms with van der Waals surface area (Å²) in [5.41, 5.74) is 2.46. The second kappa shape index (κ2) is 6.32. The van der Waals surface area contributed by atoms with Crippen molar-refractivity contribution in [2.75, 3.05) is 13.1 Å². The smallest absolute Gasteiger partial charge is 0.253 e. The van der Waals surface area contributed by atoms with Crippen LogP contribution < -0.4 is 0 Å². The third kappa shape index (κ3) is 2.91. The predicted octanol–water partition coefficient (Wildman–Crippen LogP) is 4.73. The minimum atomic E-state index is -0.250. The average Bonchev–Trinajstić information content (AvgIpc) is 3.05. The number of amides is 1. The lowest BCUT2D eigenvalue weighted by molar-refractivity contribution is 0.0724. The van der Waals surface area contributed by atoms with Crippen LogP contribution >= 0.6 is 11.3 Å². The van der Waals surface area contributed by atoms with E-state index in [1.165, 1.54) is 29.9 Å². The summed E-state index contributed by atoms with van der Waals surface area (Å²) in [6, 6.07) is 12.2. The Bertz CT molecular complexity index is 882. The number of aromatic nitrogens is 1. The van der Waals surface area contributed by atoms with E-state index in [0.29, 0.717) is 5.56 Å². The summed E-state index contributed by atoms with van der Waals surface area (Å²) in [7, 11) is 0. The van der Waals surface area contributed by atoms with Crippen LogP contribution in [0, 0.1) is 5.82 Å². The molecule has 1 aliphatic rings. The van der Waals surface area contributed by atoms with E-state index >= 15 is 0 Å². The monoisotopic (exact) mass is 340 g/mol.